The van der Waals surface area contributed by atoms with Gasteiger partial charge in [-0.15, -0.1) is 10.2 Å². The maximum Gasteiger partial charge on any atom is 0.408 e. The molecule has 6 rings (SSSR count). The smallest absolute Gasteiger partial charge is 0.408 e. The molecule has 4 heterocycles. The fourth-order valence-electron chi connectivity index (χ4n) is 6.84. The van der Waals surface area contributed by atoms with E-state index in [-0.39, 0.29) is 36.5 Å². The Kier molecular flexibility index (Phi) is 6.89. The summed E-state index contributed by atoms with van der Waals surface area (Å²) in [4.78, 5) is 45.6. The predicted octanol–water partition coefficient (Wildman–Crippen LogP) is 1.55. The third-order valence-corrected chi connectivity index (χ3v) is 8.53. The topological polar surface area (TPSA) is 160 Å². The van der Waals surface area contributed by atoms with Gasteiger partial charge in [0.15, 0.2) is 0 Å². The highest BCUT2D eigenvalue weighted by Crippen LogP contribution is 2.44. The van der Waals surface area contributed by atoms with Gasteiger partial charge in [0.25, 0.3) is 0 Å². The van der Waals surface area contributed by atoms with Crippen LogP contribution in [0.25, 0.3) is 11.4 Å². The molecule has 3 fully saturated rings. The van der Waals surface area contributed by atoms with E-state index in [1.165, 1.54) is 5.56 Å². The zero-order valence-electron chi connectivity index (χ0n) is 23.5. The van der Waals surface area contributed by atoms with Crippen molar-refractivity contribution in [2.45, 2.75) is 88.7 Å². The van der Waals surface area contributed by atoms with Crippen LogP contribution in [0.3, 0.4) is 0 Å². The van der Waals surface area contributed by atoms with Crippen molar-refractivity contribution in [3.05, 3.63) is 29.3 Å². The van der Waals surface area contributed by atoms with Crippen LogP contribution in [-0.2, 0) is 20.7 Å². The number of fused-ring (bicyclic) bond motifs is 3. The highest BCUT2D eigenvalue weighted by molar-refractivity contribution is 5.88. The van der Waals surface area contributed by atoms with Crippen LogP contribution in [0.15, 0.2) is 18.2 Å². The Balaban J connectivity index is 1.16. The number of aromatic amines is 1. The van der Waals surface area contributed by atoms with E-state index in [2.05, 4.69) is 44.1 Å². The summed E-state index contributed by atoms with van der Waals surface area (Å²) >= 11 is 0. The Morgan fingerprint density at radius 1 is 1.27 bits per heavy atom. The molecule has 13 heteroatoms. The van der Waals surface area contributed by atoms with Gasteiger partial charge in [0.1, 0.15) is 17.7 Å². The average molecular weight is 562 g/mol. The number of carbonyl (C=O) groups excluding carboxylic acids is 3. The minimum Gasteiger partial charge on any atom is -0.444 e. The van der Waals surface area contributed by atoms with Gasteiger partial charge in [0.05, 0.1) is 18.2 Å². The van der Waals surface area contributed by atoms with Crippen LogP contribution < -0.4 is 5.32 Å². The average Bonchev–Trinajstić information content (AvgIpc) is 3.74. The molecular weight excluding hydrogens is 526 g/mol. The summed E-state index contributed by atoms with van der Waals surface area (Å²) in [5.41, 5.74) is 2.51. The molecule has 3 aliphatic heterocycles. The first-order valence-corrected chi connectivity index (χ1v) is 14.3. The Labute approximate surface area is 238 Å². The van der Waals surface area contributed by atoms with Gasteiger partial charge in [-0.1, -0.05) is 12.1 Å². The third-order valence-electron chi connectivity index (χ3n) is 8.53. The Hall–Kier alpha value is -4.05. The summed E-state index contributed by atoms with van der Waals surface area (Å²) < 4.78 is 5.44. The SMILES string of the molecule is CC(C)(C)OC(=O)N[C@@H](CN1C[C@H]2C[C@@H]1C(=O)N2[C@H]1CCc2cc(-c3nn[nH]n3)ccc21)C(=O)N1CCC[C@H]1C#N. The molecule has 3 saturated heterocycles. The van der Waals surface area contributed by atoms with E-state index in [0.29, 0.717) is 31.8 Å². The summed E-state index contributed by atoms with van der Waals surface area (Å²) in [5.74, 6) is 0.289. The van der Waals surface area contributed by atoms with Gasteiger partial charge in [-0.2, -0.15) is 10.5 Å². The lowest BCUT2D eigenvalue weighted by Crippen LogP contribution is -2.59. The molecule has 2 N–H and O–H groups in total. The Bertz CT molecular complexity index is 1380. The van der Waals surface area contributed by atoms with E-state index in [0.717, 1.165) is 30.4 Å². The number of rotatable bonds is 6. The first-order chi connectivity index (χ1) is 19.6. The number of H-pyrrole nitrogens is 1. The van der Waals surface area contributed by atoms with Gasteiger partial charge in [-0.3, -0.25) is 14.5 Å². The highest BCUT2D eigenvalue weighted by atomic mass is 16.6. The lowest BCUT2D eigenvalue weighted by Gasteiger charge is -2.39. The van der Waals surface area contributed by atoms with Gasteiger partial charge < -0.3 is 19.9 Å². The van der Waals surface area contributed by atoms with Crippen molar-refractivity contribution in [2.75, 3.05) is 19.6 Å². The second-order valence-electron chi connectivity index (χ2n) is 12.3. The number of carbonyl (C=O) groups is 3. The Morgan fingerprint density at radius 2 is 2.10 bits per heavy atom. The fraction of sp³-hybridized carbons (Fsp3) is 0.607. The minimum atomic E-state index is -0.921. The van der Waals surface area contributed by atoms with Crippen LogP contribution >= 0.6 is 0 Å². The molecule has 216 valence electrons. The quantitative estimate of drug-likeness (QED) is 0.533. The molecule has 1 aromatic heterocycles. The van der Waals surface area contributed by atoms with Crippen molar-refractivity contribution >= 4 is 17.9 Å². The Morgan fingerprint density at radius 3 is 2.80 bits per heavy atom. The monoisotopic (exact) mass is 561 g/mol. The number of piperazine rings is 1. The number of tetrazole rings is 1. The molecule has 0 saturated carbocycles. The van der Waals surface area contributed by atoms with E-state index in [1.807, 2.05) is 15.9 Å². The molecule has 2 aromatic rings. The molecule has 0 unspecified atom stereocenters. The van der Waals surface area contributed by atoms with Gasteiger partial charge in [-0.25, -0.2) is 4.79 Å². The van der Waals surface area contributed by atoms with Crippen LogP contribution in [0, 0.1) is 11.3 Å². The molecule has 13 nitrogen and oxygen atoms in total. The summed E-state index contributed by atoms with van der Waals surface area (Å²) in [6.07, 6.45) is 3.06. The maximum atomic E-state index is 13.7. The number of likely N-dealkylation sites (tertiary alicyclic amines) is 3. The number of hydrogen-bond acceptors (Lipinski definition) is 9. The molecule has 0 spiro atoms. The molecule has 2 bridgehead atoms. The summed E-state index contributed by atoms with van der Waals surface area (Å²) in [6.45, 7) is 6.55. The number of ether oxygens (including phenoxy) is 1. The first-order valence-electron chi connectivity index (χ1n) is 14.3. The molecule has 5 atom stereocenters. The molecule has 0 radical (unpaired) electrons. The van der Waals surface area contributed by atoms with Crippen molar-refractivity contribution in [1.82, 2.24) is 40.6 Å². The van der Waals surface area contributed by atoms with E-state index in [9.17, 15) is 19.6 Å². The van der Waals surface area contributed by atoms with Gasteiger partial charge >= 0.3 is 6.09 Å². The third kappa shape index (κ3) is 5.12. The number of nitrogens with one attached hydrogen (secondary N) is 2. The summed E-state index contributed by atoms with van der Waals surface area (Å²) in [7, 11) is 0. The number of alkyl carbamates (subject to hydrolysis) is 1. The summed E-state index contributed by atoms with van der Waals surface area (Å²) in [5, 5.41) is 26.6. The van der Waals surface area contributed by atoms with Crippen molar-refractivity contribution < 1.29 is 19.1 Å². The maximum absolute atomic E-state index is 13.7. The largest absolute Gasteiger partial charge is 0.444 e. The summed E-state index contributed by atoms with van der Waals surface area (Å²) in [6, 6.07) is 6.56. The second-order valence-corrected chi connectivity index (χ2v) is 12.3. The molecule has 1 aromatic carbocycles. The number of benzene rings is 1. The van der Waals surface area contributed by atoms with Gasteiger partial charge in [0, 0.05) is 31.2 Å². The molecule has 1 aliphatic carbocycles. The molecule has 41 heavy (non-hydrogen) atoms. The number of nitrogens with zero attached hydrogens (tertiary/aromatic N) is 7. The lowest BCUT2D eigenvalue weighted by atomic mass is 10.0. The van der Waals surface area contributed by atoms with Crippen molar-refractivity contribution in [3.8, 4) is 17.5 Å². The van der Waals surface area contributed by atoms with Crippen LogP contribution in [0.4, 0.5) is 4.79 Å². The molecule has 4 aliphatic rings. The lowest BCUT2D eigenvalue weighted by molar-refractivity contribution is -0.141. The van der Waals surface area contributed by atoms with Crippen LogP contribution in [0.2, 0.25) is 0 Å². The zero-order valence-corrected chi connectivity index (χ0v) is 23.5. The van der Waals surface area contributed by atoms with Crippen LogP contribution in [0.1, 0.15) is 63.6 Å². The minimum absolute atomic E-state index is 0.00673. The molecule has 3 amide bonds. The van der Waals surface area contributed by atoms with Crippen molar-refractivity contribution in [3.63, 3.8) is 0 Å². The molecular formula is C28H35N9O4. The van der Waals surface area contributed by atoms with E-state index in [4.69, 9.17) is 4.74 Å². The zero-order chi connectivity index (χ0) is 28.9. The van der Waals surface area contributed by atoms with E-state index in [1.54, 1.807) is 25.7 Å². The number of aryl methyl sites for hydroxylation is 1. The number of hydrogen-bond donors (Lipinski definition) is 2. The fourth-order valence-corrected chi connectivity index (χ4v) is 6.84. The van der Waals surface area contributed by atoms with E-state index >= 15 is 0 Å². The first kappa shape index (κ1) is 27.1. The van der Waals surface area contributed by atoms with Crippen molar-refractivity contribution in [2.24, 2.45) is 0 Å². The van der Waals surface area contributed by atoms with Crippen molar-refractivity contribution in [1.29, 1.82) is 5.26 Å². The predicted molar refractivity (Wildman–Crippen MR) is 145 cm³/mol. The van der Waals surface area contributed by atoms with Gasteiger partial charge in [-0.05, 0) is 75.3 Å². The highest BCUT2D eigenvalue weighted by Gasteiger charge is 2.53. The normalized spacial score (nSPS) is 26.2. The second kappa shape index (κ2) is 10.4. The van der Waals surface area contributed by atoms with E-state index < -0.39 is 23.8 Å². The number of amides is 3. The number of nitriles is 1. The van der Waals surface area contributed by atoms with Crippen LogP contribution in [0.5, 0.6) is 0 Å². The van der Waals surface area contributed by atoms with Gasteiger partial charge in [0.2, 0.25) is 17.6 Å². The number of aromatic nitrogens is 4. The standard InChI is InChI=1S/C28H35N9O4/c1-28(2,3)41-27(40)30-21(25(38)36-10-4-5-18(36)13-29)15-35-14-19-12-23(35)26(39)37(19)22-9-7-16-11-17(6-8-20(16)22)24-31-33-34-32-24/h6,8,11,18-19,21-23H,4-5,7,9-10,12,14-15H2,1-3H3,(H,30,40)(H,31,32,33,34)/t18-,19+,21-,22-,23+/m0/s1. The van der Waals surface area contributed by atoms with Crippen LogP contribution in [-0.4, -0.2) is 103 Å².